The van der Waals surface area contributed by atoms with Crippen molar-refractivity contribution in [2.45, 2.75) is 11.5 Å². The molecule has 0 spiro atoms. The van der Waals surface area contributed by atoms with Crippen molar-refractivity contribution in [3.8, 4) is 11.1 Å². The van der Waals surface area contributed by atoms with Crippen LogP contribution in [0.3, 0.4) is 0 Å². The lowest BCUT2D eigenvalue weighted by molar-refractivity contribution is 0.275. The molecular formula is C20H16F3N5O3S. The second-order valence-corrected chi connectivity index (χ2v) is 8.57. The molecule has 0 bridgehead atoms. The number of hydrogen-bond donors (Lipinski definition) is 3. The number of halogens is 3. The molecule has 0 aliphatic rings. The summed E-state index contributed by atoms with van der Waals surface area (Å²) in [6.07, 6.45) is 2.83. The summed E-state index contributed by atoms with van der Waals surface area (Å²) < 4.78 is 72.2. The molecule has 0 atom stereocenters. The number of aryl methyl sites for hydroxylation is 1. The van der Waals surface area contributed by atoms with Gasteiger partial charge in [-0.1, -0.05) is 12.1 Å². The standard InChI is InChI=1S/C20H16F3N5O3S/c1-28-7-12(17-19(24)25-9-26-20(17)28)11-3-2-4-15(18(11)23)27-32(30,31)16-5-10(8-29)13(21)6-14(16)22/h2-7,9,27,29H,8H2,1H3,(H2,24,25,26). The third-order valence-electron chi connectivity index (χ3n) is 4.88. The maximum atomic E-state index is 15.4. The van der Waals surface area contributed by atoms with Crippen LogP contribution in [-0.4, -0.2) is 28.1 Å². The molecule has 0 amide bonds. The summed E-state index contributed by atoms with van der Waals surface area (Å²) >= 11 is 0. The maximum Gasteiger partial charge on any atom is 0.264 e. The highest BCUT2D eigenvalue weighted by molar-refractivity contribution is 7.92. The average molecular weight is 463 g/mol. The summed E-state index contributed by atoms with van der Waals surface area (Å²) in [5.41, 5.74) is 5.83. The van der Waals surface area contributed by atoms with Gasteiger partial charge in [0, 0.05) is 36.0 Å². The molecule has 12 heteroatoms. The Balaban J connectivity index is 1.81. The van der Waals surface area contributed by atoms with E-state index in [1.54, 1.807) is 17.8 Å². The second kappa shape index (κ2) is 7.80. The first-order valence-electron chi connectivity index (χ1n) is 9.10. The van der Waals surface area contributed by atoms with E-state index in [2.05, 4.69) is 9.97 Å². The number of hydrogen-bond acceptors (Lipinski definition) is 6. The van der Waals surface area contributed by atoms with E-state index in [-0.39, 0.29) is 11.4 Å². The molecule has 8 nitrogen and oxygen atoms in total. The first kappa shape index (κ1) is 21.6. The largest absolute Gasteiger partial charge is 0.392 e. The fraction of sp³-hybridized carbons (Fsp3) is 0.100. The summed E-state index contributed by atoms with van der Waals surface area (Å²) in [4.78, 5) is 7.10. The minimum Gasteiger partial charge on any atom is -0.392 e. The molecule has 2 aromatic carbocycles. The van der Waals surface area contributed by atoms with Gasteiger partial charge in [-0.25, -0.2) is 31.6 Å². The molecule has 2 heterocycles. The van der Waals surface area contributed by atoms with E-state index >= 15 is 4.39 Å². The van der Waals surface area contributed by atoms with E-state index in [1.807, 2.05) is 4.72 Å². The number of aromatic nitrogens is 3. The first-order valence-corrected chi connectivity index (χ1v) is 10.6. The molecule has 0 aliphatic carbocycles. The van der Waals surface area contributed by atoms with Crippen molar-refractivity contribution in [1.82, 2.24) is 14.5 Å². The number of nitrogen functional groups attached to an aromatic ring is 1. The smallest absolute Gasteiger partial charge is 0.264 e. The van der Waals surface area contributed by atoms with Crippen molar-refractivity contribution in [2.24, 2.45) is 7.05 Å². The van der Waals surface area contributed by atoms with Gasteiger partial charge in [-0.2, -0.15) is 0 Å². The predicted octanol–water partition coefficient (Wildman–Crippen LogP) is 2.93. The van der Waals surface area contributed by atoms with Gasteiger partial charge in [0.2, 0.25) is 0 Å². The summed E-state index contributed by atoms with van der Waals surface area (Å²) in [6.45, 7) is -0.844. The Morgan fingerprint density at radius 1 is 1.12 bits per heavy atom. The van der Waals surface area contributed by atoms with Crippen LogP contribution >= 0.6 is 0 Å². The zero-order chi connectivity index (χ0) is 23.2. The molecular weight excluding hydrogens is 447 g/mol. The molecule has 4 rings (SSSR count). The molecule has 0 fully saturated rings. The zero-order valence-electron chi connectivity index (χ0n) is 16.5. The van der Waals surface area contributed by atoms with Crippen LogP contribution in [0.2, 0.25) is 0 Å². The first-order chi connectivity index (χ1) is 15.1. The van der Waals surface area contributed by atoms with Crippen LogP contribution < -0.4 is 10.5 Å². The highest BCUT2D eigenvalue weighted by Crippen LogP contribution is 2.36. The number of rotatable bonds is 5. The van der Waals surface area contributed by atoms with Crippen LogP contribution in [0, 0.1) is 17.5 Å². The minimum absolute atomic E-state index is 0.00734. The molecule has 32 heavy (non-hydrogen) atoms. The van der Waals surface area contributed by atoms with Crippen molar-refractivity contribution in [2.75, 3.05) is 10.5 Å². The Kier molecular flexibility index (Phi) is 5.26. The zero-order valence-corrected chi connectivity index (χ0v) is 17.3. The van der Waals surface area contributed by atoms with Gasteiger partial charge in [0.05, 0.1) is 17.7 Å². The van der Waals surface area contributed by atoms with Crippen molar-refractivity contribution in [3.63, 3.8) is 0 Å². The van der Waals surface area contributed by atoms with Gasteiger partial charge in [-0.05, 0) is 12.1 Å². The molecule has 0 radical (unpaired) electrons. The number of aliphatic hydroxyl groups is 1. The van der Waals surface area contributed by atoms with E-state index < -0.39 is 50.2 Å². The number of benzene rings is 2. The van der Waals surface area contributed by atoms with Crippen LogP contribution in [0.4, 0.5) is 24.7 Å². The van der Waals surface area contributed by atoms with E-state index in [0.29, 0.717) is 28.7 Å². The lowest BCUT2D eigenvalue weighted by atomic mass is 10.0. The topological polar surface area (TPSA) is 123 Å². The Labute approximate surface area is 180 Å². The predicted molar refractivity (Wildman–Crippen MR) is 111 cm³/mol. The van der Waals surface area contributed by atoms with Gasteiger partial charge in [0.25, 0.3) is 10.0 Å². The lowest BCUT2D eigenvalue weighted by Crippen LogP contribution is -2.16. The van der Waals surface area contributed by atoms with E-state index in [4.69, 9.17) is 10.8 Å². The molecule has 0 saturated carbocycles. The van der Waals surface area contributed by atoms with E-state index in [9.17, 15) is 17.2 Å². The molecule has 4 aromatic rings. The van der Waals surface area contributed by atoms with Crippen LogP contribution in [0.1, 0.15) is 5.56 Å². The van der Waals surface area contributed by atoms with E-state index in [0.717, 1.165) is 6.07 Å². The fourth-order valence-electron chi connectivity index (χ4n) is 3.36. The number of nitrogens with one attached hydrogen (secondary N) is 1. The summed E-state index contributed by atoms with van der Waals surface area (Å²) in [5.74, 6) is -3.33. The third-order valence-corrected chi connectivity index (χ3v) is 6.26. The number of sulfonamides is 1. The molecule has 0 aliphatic heterocycles. The quantitative estimate of drug-likeness (QED) is 0.418. The number of fused-ring (bicyclic) bond motifs is 1. The maximum absolute atomic E-state index is 15.4. The van der Waals surface area contributed by atoms with Crippen molar-refractivity contribution in [1.29, 1.82) is 0 Å². The Bertz CT molecular complexity index is 1470. The number of anilines is 2. The second-order valence-electron chi connectivity index (χ2n) is 6.92. The van der Waals surface area contributed by atoms with Gasteiger partial charge in [-0.3, -0.25) is 4.72 Å². The number of nitrogens with zero attached hydrogens (tertiary/aromatic N) is 3. The third kappa shape index (κ3) is 3.52. The normalized spacial score (nSPS) is 11.8. The summed E-state index contributed by atoms with van der Waals surface area (Å²) in [5, 5.41) is 9.53. The van der Waals surface area contributed by atoms with Crippen LogP contribution in [0.15, 0.2) is 47.8 Å². The number of nitrogens with two attached hydrogens (primary N) is 1. The van der Waals surface area contributed by atoms with Crippen molar-refractivity contribution in [3.05, 3.63) is 65.9 Å². The van der Waals surface area contributed by atoms with Crippen LogP contribution in [0.25, 0.3) is 22.2 Å². The van der Waals surface area contributed by atoms with Crippen molar-refractivity contribution >= 4 is 32.6 Å². The van der Waals surface area contributed by atoms with Crippen LogP contribution in [0.5, 0.6) is 0 Å². The van der Waals surface area contributed by atoms with Gasteiger partial charge >= 0.3 is 0 Å². The molecule has 2 aromatic heterocycles. The minimum atomic E-state index is -4.66. The van der Waals surface area contributed by atoms with Crippen molar-refractivity contribution < 1.29 is 26.7 Å². The Morgan fingerprint density at radius 3 is 2.59 bits per heavy atom. The Hall–Kier alpha value is -3.64. The molecule has 166 valence electrons. The summed E-state index contributed by atoms with van der Waals surface area (Å²) in [6, 6.07) is 4.95. The van der Waals surface area contributed by atoms with Gasteiger partial charge in [0.15, 0.2) is 5.82 Å². The van der Waals surface area contributed by atoms with E-state index in [1.165, 1.54) is 18.5 Å². The summed E-state index contributed by atoms with van der Waals surface area (Å²) in [7, 11) is -2.98. The van der Waals surface area contributed by atoms with Gasteiger partial charge < -0.3 is 15.4 Å². The van der Waals surface area contributed by atoms with Gasteiger partial charge in [-0.15, -0.1) is 0 Å². The number of aliphatic hydroxyl groups excluding tert-OH is 1. The highest BCUT2D eigenvalue weighted by atomic mass is 32.2. The highest BCUT2D eigenvalue weighted by Gasteiger charge is 2.25. The lowest BCUT2D eigenvalue weighted by Gasteiger charge is -2.13. The SMILES string of the molecule is Cn1cc(-c2cccc(NS(=O)(=O)c3cc(CO)c(F)cc3F)c2F)c2c(N)ncnc21. The molecule has 4 N–H and O–H groups in total. The average Bonchev–Trinajstić information content (AvgIpc) is 3.07. The Morgan fingerprint density at radius 2 is 1.88 bits per heavy atom. The molecule has 0 unspecified atom stereocenters. The fourth-order valence-corrected chi connectivity index (χ4v) is 4.53. The monoisotopic (exact) mass is 463 g/mol. The van der Waals surface area contributed by atoms with Crippen LogP contribution in [-0.2, 0) is 23.7 Å². The molecule has 0 saturated heterocycles. The van der Waals surface area contributed by atoms with Gasteiger partial charge in [0.1, 0.15) is 34.3 Å².